The Balaban J connectivity index is 2.48. The van der Waals surface area contributed by atoms with Crippen molar-refractivity contribution in [3.8, 4) is 0 Å². The predicted octanol–water partition coefficient (Wildman–Crippen LogP) is 8.80. The van der Waals surface area contributed by atoms with E-state index < -0.39 is 63.1 Å². The van der Waals surface area contributed by atoms with Gasteiger partial charge in [-0.15, -0.1) is 0 Å². The number of ether oxygens (including phenoxy) is 2. The zero-order valence-corrected chi connectivity index (χ0v) is 36.9. The molecular weight excluding hydrogens is 775 g/mol. The predicted molar refractivity (Wildman–Crippen MR) is 235 cm³/mol. The van der Waals surface area contributed by atoms with Crippen LogP contribution < -0.4 is 0 Å². The van der Waals surface area contributed by atoms with E-state index in [-0.39, 0.29) is 13.0 Å². The van der Waals surface area contributed by atoms with Gasteiger partial charge in [-0.25, -0.2) is 4.57 Å². The largest absolute Gasteiger partial charge is 0.472 e. The number of carbonyl (C=O) groups is 1. The van der Waals surface area contributed by atoms with E-state index in [1.54, 1.807) is 0 Å². The van der Waals surface area contributed by atoms with Crippen molar-refractivity contribution in [1.82, 2.24) is 0 Å². The molecule has 6 N–H and O–H groups in total. The van der Waals surface area contributed by atoms with Crippen molar-refractivity contribution in [3.05, 3.63) is 72.9 Å². The van der Waals surface area contributed by atoms with Gasteiger partial charge in [0.05, 0.1) is 13.2 Å². The molecule has 0 amide bonds. The number of rotatable bonds is 36. The number of esters is 1. The number of hydrogen-bond donors (Lipinski definition) is 6. The van der Waals surface area contributed by atoms with Crippen LogP contribution in [0.15, 0.2) is 72.9 Å². The highest BCUT2D eigenvalue weighted by molar-refractivity contribution is 7.47. The minimum absolute atomic E-state index is 0.0589. The fourth-order valence-corrected chi connectivity index (χ4v) is 7.29. The molecule has 59 heavy (non-hydrogen) atoms. The zero-order chi connectivity index (χ0) is 43.4. The third-order valence-electron chi connectivity index (χ3n) is 9.86. The van der Waals surface area contributed by atoms with Gasteiger partial charge in [-0.2, -0.15) is 0 Å². The van der Waals surface area contributed by atoms with Crippen LogP contribution in [0.1, 0.15) is 149 Å². The van der Waals surface area contributed by atoms with Crippen molar-refractivity contribution in [2.24, 2.45) is 0 Å². The summed E-state index contributed by atoms with van der Waals surface area (Å²) in [6.45, 7) is 4.05. The SMILES string of the molecule is CC/C=C\C/C=C\C/C=C\C/C=C\C/C=C\C/C=C\CCC(=O)OC(COCCCCCCCCCCCCCCC)COP(=O)(O)OC1C(O)C(O)C(O)C(O)C1O. The highest BCUT2D eigenvalue weighted by Crippen LogP contribution is 2.47. The molecule has 0 heterocycles. The normalized spacial score (nSPS) is 23.2. The highest BCUT2D eigenvalue weighted by Gasteiger charge is 2.51. The second-order valence-electron chi connectivity index (χ2n) is 15.2. The van der Waals surface area contributed by atoms with Crippen molar-refractivity contribution >= 4 is 13.8 Å². The number of aliphatic hydroxyl groups excluding tert-OH is 5. The van der Waals surface area contributed by atoms with Gasteiger partial charge in [-0.3, -0.25) is 13.8 Å². The van der Waals surface area contributed by atoms with Crippen LogP contribution in [0.25, 0.3) is 0 Å². The molecule has 1 aliphatic carbocycles. The van der Waals surface area contributed by atoms with Crippen molar-refractivity contribution in [2.45, 2.75) is 191 Å². The molecule has 0 aliphatic heterocycles. The number of allylic oxidation sites excluding steroid dienone is 12. The van der Waals surface area contributed by atoms with Crippen LogP contribution >= 0.6 is 7.82 Å². The van der Waals surface area contributed by atoms with Crippen molar-refractivity contribution in [3.63, 3.8) is 0 Å². The first-order valence-corrected chi connectivity index (χ1v) is 23.8. The molecule has 0 aromatic heterocycles. The number of phosphoric acid groups is 1. The molecule has 12 nitrogen and oxygen atoms in total. The smallest absolute Gasteiger partial charge is 0.457 e. The summed E-state index contributed by atoms with van der Waals surface area (Å²) in [6, 6.07) is 0. The van der Waals surface area contributed by atoms with Gasteiger partial charge >= 0.3 is 13.8 Å². The van der Waals surface area contributed by atoms with E-state index in [1.807, 2.05) is 12.2 Å². The van der Waals surface area contributed by atoms with Gasteiger partial charge in [0.15, 0.2) is 0 Å². The van der Waals surface area contributed by atoms with E-state index in [2.05, 4.69) is 74.6 Å². The molecule has 1 fully saturated rings. The quantitative estimate of drug-likeness (QED) is 0.0152. The van der Waals surface area contributed by atoms with E-state index in [9.17, 15) is 39.8 Å². The summed E-state index contributed by atoms with van der Waals surface area (Å²) < 4.78 is 34.0. The first-order valence-electron chi connectivity index (χ1n) is 22.3. The maximum absolute atomic E-state index is 12.8. The first kappa shape index (κ1) is 54.8. The second kappa shape index (κ2) is 36.4. The molecule has 0 aromatic rings. The zero-order valence-electron chi connectivity index (χ0n) is 36.0. The van der Waals surface area contributed by atoms with Crippen LogP contribution in [0, 0.1) is 0 Å². The fraction of sp³-hybridized carbons (Fsp3) is 0.717. The third-order valence-corrected chi connectivity index (χ3v) is 10.8. The van der Waals surface area contributed by atoms with E-state index >= 15 is 0 Å². The lowest BCUT2D eigenvalue weighted by Crippen LogP contribution is -2.64. The molecule has 1 saturated carbocycles. The van der Waals surface area contributed by atoms with Crippen molar-refractivity contribution < 1.29 is 58.3 Å². The van der Waals surface area contributed by atoms with Crippen LogP contribution in [0.2, 0.25) is 0 Å². The molecule has 0 aromatic carbocycles. The van der Waals surface area contributed by atoms with E-state index in [4.69, 9.17) is 18.5 Å². The summed E-state index contributed by atoms with van der Waals surface area (Å²) >= 11 is 0. The standard InChI is InChI=1S/C46H79O12P/c1-3-5-7-9-11-13-15-17-18-19-20-21-22-23-25-27-29-31-33-35-40(47)57-39(37-55-36-34-32-30-28-26-24-16-14-12-10-8-6-4-2)38-56-59(53,54)58-46-44(51)42(49)41(48)43(50)45(46)52/h5,7,11,13,17-18,20-21,23,25,29,31,39,41-46,48-52H,3-4,6,8-10,12,14-16,19,22,24,26-28,30,32-38H2,1-2H3,(H,53,54)/b7-5-,13-11-,18-17-,21-20-,25-23-,31-29-. The molecule has 0 spiro atoms. The fourth-order valence-electron chi connectivity index (χ4n) is 6.32. The first-order chi connectivity index (χ1) is 28.5. The lowest BCUT2D eigenvalue weighted by Gasteiger charge is -2.41. The lowest BCUT2D eigenvalue weighted by molar-refractivity contribution is -0.220. The maximum atomic E-state index is 12.8. The van der Waals surface area contributed by atoms with Crippen LogP contribution in [0.3, 0.4) is 0 Å². The Hall–Kier alpha value is -2.22. The minimum Gasteiger partial charge on any atom is -0.457 e. The number of aliphatic hydroxyl groups is 5. The van der Waals surface area contributed by atoms with Gasteiger partial charge in [-0.05, 0) is 51.4 Å². The van der Waals surface area contributed by atoms with Gasteiger partial charge in [0, 0.05) is 13.0 Å². The Morgan fingerprint density at radius 3 is 1.42 bits per heavy atom. The maximum Gasteiger partial charge on any atom is 0.472 e. The molecule has 13 heteroatoms. The molecule has 0 bridgehead atoms. The van der Waals surface area contributed by atoms with E-state index in [0.29, 0.717) is 13.0 Å². The molecular formula is C46H79O12P. The molecule has 6 unspecified atom stereocenters. The van der Waals surface area contributed by atoms with Crippen LogP contribution in [-0.2, 0) is 27.9 Å². The van der Waals surface area contributed by atoms with Crippen LogP contribution in [-0.4, -0.2) is 98.9 Å². The Morgan fingerprint density at radius 2 is 0.966 bits per heavy atom. The van der Waals surface area contributed by atoms with Crippen molar-refractivity contribution in [1.29, 1.82) is 0 Å². The summed E-state index contributed by atoms with van der Waals surface area (Å²) in [7, 11) is -5.04. The minimum atomic E-state index is -5.04. The van der Waals surface area contributed by atoms with E-state index in [1.165, 1.54) is 64.2 Å². The number of unbranched alkanes of at least 4 members (excludes halogenated alkanes) is 12. The molecule has 1 rings (SSSR count). The van der Waals surface area contributed by atoms with Crippen LogP contribution in [0.5, 0.6) is 0 Å². The van der Waals surface area contributed by atoms with Gasteiger partial charge < -0.3 is 39.9 Å². The Bertz CT molecular complexity index is 1250. The van der Waals surface area contributed by atoms with E-state index in [0.717, 1.165) is 57.8 Å². The Labute approximate surface area is 355 Å². The van der Waals surface area contributed by atoms with Crippen molar-refractivity contribution in [2.75, 3.05) is 19.8 Å². The molecule has 0 radical (unpaired) electrons. The average molecular weight is 855 g/mol. The van der Waals surface area contributed by atoms with Gasteiger partial charge in [0.25, 0.3) is 0 Å². The summed E-state index contributed by atoms with van der Waals surface area (Å²) in [5, 5.41) is 50.1. The highest BCUT2D eigenvalue weighted by atomic mass is 31.2. The lowest BCUT2D eigenvalue weighted by atomic mass is 9.85. The average Bonchev–Trinajstić information content (AvgIpc) is 3.22. The summed E-state index contributed by atoms with van der Waals surface area (Å²) in [5.41, 5.74) is 0. The monoisotopic (exact) mass is 855 g/mol. The molecule has 340 valence electrons. The van der Waals surface area contributed by atoms with Gasteiger partial charge in [0.2, 0.25) is 0 Å². The Kier molecular flexibility index (Phi) is 33.8. The topological polar surface area (TPSA) is 192 Å². The number of phosphoric ester groups is 1. The summed E-state index contributed by atoms with van der Waals surface area (Å²) in [6.07, 6.45) is 34.1. The molecule has 6 atom stereocenters. The number of hydrogen-bond acceptors (Lipinski definition) is 11. The third kappa shape index (κ3) is 28.9. The summed E-state index contributed by atoms with van der Waals surface area (Å²) in [5.74, 6) is -0.560. The number of carbonyl (C=O) groups excluding carboxylic acids is 1. The van der Waals surface area contributed by atoms with Gasteiger partial charge in [-0.1, -0.05) is 164 Å². The second-order valence-corrected chi connectivity index (χ2v) is 16.6. The molecule has 0 saturated heterocycles. The Morgan fingerprint density at radius 1 is 0.559 bits per heavy atom. The summed E-state index contributed by atoms with van der Waals surface area (Å²) in [4.78, 5) is 23.1. The van der Waals surface area contributed by atoms with Gasteiger partial charge in [0.1, 0.15) is 42.7 Å². The molecule has 1 aliphatic rings. The van der Waals surface area contributed by atoms with Crippen LogP contribution in [0.4, 0.5) is 0 Å².